The molecule has 1 aliphatic heterocycles. The number of Topliss-reactive ketones (excluding diaryl/α,β-unsaturated/α-hetero) is 1. The third-order valence-electron chi connectivity index (χ3n) is 5.03. The minimum absolute atomic E-state index is 0.0191. The van der Waals surface area contributed by atoms with E-state index < -0.39 is 5.41 Å². The molecule has 1 fully saturated rings. The molecule has 0 saturated carbocycles. The molecule has 7 heteroatoms. The number of ketones is 1. The second-order valence-electron chi connectivity index (χ2n) is 7.13. The molecule has 27 heavy (non-hydrogen) atoms. The smallest absolute Gasteiger partial charge is 0.316 e. The van der Waals surface area contributed by atoms with Gasteiger partial charge < -0.3 is 18.9 Å². The van der Waals surface area contributed by atoms with E-state index in [-0.39, 0.29) is 31.0 Å². The summed E-state index contributed by atoms with van der Waals surface area (Å²) in [6.07, 6.45) is 3.21. The summed E-state index contributed by atoms with van der Waals surface area (Å²) in [7, 11) is 3.30. The highest BCUT2D eigenvalue weighted by atomic mass is 16.5. The predicted octanol–water partition coefficient (Wildman–Crippen LogP) is 1.80. The van der Waals surface area contributed by atoms with Crippen LogP contribution in [-0.4, -0.2) is 66.7 Å². The maximum absolute atomic E-state index is 12.6. The van der Waals surface area contributed by atoms with E-state index in [1.54, 1.807) is 12.5 Å². The summed E-state index contributed by atoms with van der Waals surface area (Å²) in [5.74, 6) is -0.459. The fourth-order valence-electron chi connectivity index (χ4n) is 3.62. The highest BCUT2D eigenvalue weighted by molar-refractivity contribution is 5.95. The summed E-state index contributed by atoms with van der Waals surface area (Å²) in [6.45, 7) is 3.21. The standard InChI is InChI=1S/C20H25N3O4/c1-15(16-7-5-4-6-8-16)23-14-21-9-17(23)18(24)10-27-13-20(19(25)26-3)11-22(2)12-20/h4-9,14-15H,10-13H2,1-3H3/t15-/m1/s1. The summed E-state index contributed by atoms with van der Waals surface area (Å²) in [4.78, 5) is 30.8. The van der Waals surface area contributed by atoms with Crippen molar-refractivity contribution in [1.82, 2.24) is 14.5 Å². The number of carbonyl (C=O) groups excluding carboxylic acids is 2. The quantitative estimate of drug-likeness (QED) is 0.520. The first-order valence-corrected chi connectivity index (χ1v) is 8.91. The van der Waals surface area contributed by atoms with Crippen LogP contribution in [0.5, 0.6) is 0 Å². The van der Waals surface area contributed by atoms with E-state index >= 15 is 0 Å². The number of rotatable bonds is 8. The van der Waals surface area contributed by atoms with E-state index in [1.165, 1.54) is 7.11 Å². The first-order chi connectivity index (χ1) is 13.0. The number of esters is 1. The Morgan fingerprint density at radius 2 is 1.96 bits per heavy atom. The Morgan fingerprint density at radius 3 is 2.59 bits per heavy atom. The lowest BCUT2D eigenvalue weighted by molar-refractivity contribution is -0.169. The molecule has 0 bridgehead atoms. The number of benzene rings is 1. The van der Waals surface area contributed by atoms with Gasteiger partial charge in [0, 0.05) is 13.1 Å². The maximum Gasteiger partial charge on any atom is 0.316 e. The molecule has 0 N–H and O–H groups in total. The largest absolute Gasteiger partial charge is 0.468 e. The Morgan fingerprint density at radius 1 is 1.26 bits per heavy atom. The number of aromatic nitrogens is 2. The predicted molar refractivity (Wildman–Crippen MR) is 99.6 cm³/mol. The number of methoxy groups -OCH3 is 1. The zero-order valence-corrected chi connectivity index (χ0v) is 15.9. The Hall–Kier alpha value is -2.51. The highest BCUT2D eigenvalue weighted by Gasteiger charge is 2.49. The van der Waals surface area contributed by atoms with Crippen LogP contribution in [0.2, 0.25) is 0 Å². The van der Waals surface area contributed by atoms with E-state index in [0.717, 1.165) is 5.56 Å². The van der Waals surface area contributed by atoms with Crippen molar-refractivity contribution in [2.75, 3.05) is 40.5 Å². The van der Waals surface area contributed by atoms with Gasteiger partial charge in [-0.25, -0.2) is 4.98 Å². The minimum Gasteiger partial charge on any atom is -0.468 e. The van der Waals surface area contributed by atoms with Gasteiger partial charge in [0.1, 0.15) is 17.7 Å². The summed E-state index contributed by atoms with van der Waals surface area (Å²) in [5, 5.41) is 0. The Labute approximate surface area is 158 Å². The van der Waals surface area contributed by atoms with Crippen molar-refractivity contribution in [1.29, 1.82) is 0 Å². The molecule has 0 aliphatic carbocycles. The monoisotopic (exact) mass is 371 g/mol. The molecular formula is C20H25N3O4. The van der Waals surface area contributed by atoms with Crippen LogP contribution in [0.25, 0.3) is 0 Å². The highest BCUT2D eigenvalue weighted by Crippen LogP contribution is 2.31. The zero-order chi connectivity index (χ0) is 19.4. The molecule has 1 aromatic heterocycles. The molecule has 1 atom stereocenters. The molecule has 1 aliphatic rings. The summed E-state index contributed by atoms with van der Waals surface area (Å²) in [5.41, 5.74) is 0.901. The van der Waals surface area contributed by atoms with E-state index in [2.05, 4.69) is 4.98 Å². The van der Waals surface area contributed by atoms with E-state index in [1.807, 2.05) is 53.8 Å². The molecule has 2 heterocycles. The van der Waals surface area contributed by atoms with Gasteiger partial charge in [0.15, 0.2) is 0 Å². The van der Waals surface area contributed by atoms with Crippen molar-refractivity contribution in [3.05, 3.63) is 54.1 Å². The number of likely N-dealkylation sites (tertiary alicyclic amines) is 1. The molecule has 0 spiro atoms. The molecule has 1 aromatic carbocycles. The molecule has 2 aromatic rings. The first kappa shape index (κ1) is 19.3. The van der Waals surface area contributed by atoms with Crippen LogP contribution < -0.4 is 0 Å². The molecule has 0 amide bonds. The number of hydrogen-bond acceptors (Lipinski definition) is 6. The van der Waals surface area contributed by atoms with Gasteiger partial charge in [0.2, 0.25) is 5.78 Å². The van der Waals surface area contributed by atoms with Gasteiger partial charge in [-0.15, -0.1) is 0 Å². The molecular weight excluding hydrogens is 346 g/mol. The topological polar surface area (TPSA) is 73.7 Å². The van der Waals surface area contributed by atoms with Crippen LogP contribution >= 0.6 is 0 Å². The SMILES string of the molecule is COC(=O)C1(COCC(=O)c2cncn2[C@H](C)c2ccccc2)CN(C)C1. The third kappa shape index (κ3) is 3.94. The van der Waals surface area contributed by atoms with Gasteiger partial charge in [-0.2, -0.15) is 0 Å². The summed E-state index contributed by atoms with van der Waals surface area (Å²) >= 11 is 0. The molecule has 1 saturated heterocycles. The number of imidazole rings is 1. The average Bonchev–Trinajstić information content (AvgIpc) is 3.15. The van der Waals surface area contributed by atoms with Gasteiger partial charge in [-0.05, 0) is 19.5 Å². The minimum atomic E-state index is -0.679. The normalized spacial score (nSPS) is 17.1. The molecule has 0 unspecified atom stereocenters. The van der Waals surface area contributed by atoms with Crippen LogP contribution in [0.1, 0.15) is 29.0 Å². The van der Waals surface area contributed by atoms with Crippen LogP contribution in [0.15, 0.2) is 42.9 Å². The van der Waals surface area contributed by atoms with E-state index in [4.69, 9.17) is 9.47 Å². The van der Waals surface area contributed by atoms with Gasteiger partial charge in [0.25, 0.3) is 0 Å². The number of ether oxygens (including phenoxy) is 2. The van der Waals surface area contributed by atoms with Crippen molar-refractivity contribution >= 4 is 11.8 Å². The third-order valence-corrected chi connectivity index (χ3v) is 5.03. The number of hydrogen-bond donors (Lipinski definition) is 0. The summed E-state index contributed by atoms with van der Waals surface area (Å²) < 4.78 is 12.4. The maximum atomic E-state index is 12.6. The van der Waals surface area contributed by atoms with Crippen LogP contribution in [0.4, 0.5) is 0 Å². The Kier molecular flexibility index (Phi) is 5.72. The first-order valence-electron chi connectivity index (χ1n) is 8.91. The molecule has 7 nitrogen and oxygen atoms in total. The van der Waals surface area contributed by atoms with Crippen molar-refractivity contribution in [3.8, 4) is 0 Å². The second-order valence-corrected chi connectivity index (χ2v) is 7.13. The second kappa shape index (κ2) is 8.02. The molecule has 3 rings (SSSR count). The fraction of sp³-hybridized carbons (Fsp3) is 0.450. The number of nitrogens with zero attached hydrogens (tertiary/aromatic N) is 3. The Balaban J connectivity index is 1.63. The summed E-state index contributed by atoms with van der Waals surface area (Å²) in [6, 6.07) is 9.91. The van der Waals surface area contributed by atoms with Gasteiger partial charge in [-0.1, -0.05) is 30.3 Å². The average molecular weight is 371 g/mol. The van der Waals surface area contributed by atoms with Gasteiger partial charge in [-0.3, -0.25) is 9.59 Å². The molecule has 0 radical (unpaired) electrons. The van der Waals surface area contributed by atoms with E-state index in [9.17, 15) is 9.59 Å². The fourth-order valence-corrected chi connectivity index (χ4v) is 3.62. The van der Waals surface area contributed by atoms with Gasteiger partial charge >= 0.3 is 5.97 Å². The lowest BCUT2D eigenvalue weighted by Crippen LogP contribution is -2.61. The van der Waals surface area contributed by atoms with Crippen molar-refractivity contribution < 1.29 is 19.1 Å². The van der Waals surface area contributed by atoms with Crippen molar-refractivity contribution in [2.24, 2.45) is 5.41 Å². The lowest BCUT2D eigenvalue weighted by atomic mass is 9.81. The Bertz CT molecular complexity index is 797. The van der Waals surface area contributed by atoms with Crippen molar-refractivity contribution in [2.45, 2.75) is 13.0 Å². The van der Waals surface area contributed by atoms with Crippen LogP contribution in [0.3, 0.4) is 0 Å². The number of carbonyl (C=O) groups is 2. The molecule has 144 valence electrons. The zero-order valence-electron chi connectivity index (χ0n) is 15.9. The van der Waals surface area contributed by atoms with Crippen LogP contribution in [-0.2, 0) is 14.3 Å². The van der Waals surface area contributed by atoms with Crippen LogP contribution in [0, 0.1) is 5.41 Å². The van der Waals surface area contributed by atoms with Gasteiger partial charge in [0.05, 0.1) is 32.3 Å². The lowest BCUT2D eigenvalue weighted by Gasteiger charge is -2.45. The van der Waals surface area contributed by atoms with E-state index in [0.29, 0.717) is 18.8 Å². The van der Waals surface area contributed by atoms with Crippen molar-refractivity contribution in [3.63, 3.8) is 0 Å².